The minimum Gasteiger partial charge on any atom is -0.469 e. The van der Waals surface area contributed by atoms with Crippen LogP contribution in [-0.4, -0.2) is 52.8 Å². The molecule has 47 heavy (non-hydrogen) atoms. The predicted octanol–water partition coefficient (Wildman–Crippen LogP) is 5.65. The molecule has 5 aromatic rings. The van der Waals surface area contributed by atoms with Crippen molar-refractivity contribution in [3.63, 3.8) is 0 Å². The van der Waals surface area contributed by atoms with Crippen molar-refractivity contribution < 1.29 is 18.9 Å². The first-order valence-electron chi connectivity index (χ1n) is 15.9. The largest absolute Gasteiger partial charge is 0.469 e. The van der Waals surface area contributed by atoms with Gasteiger partial charge in [0.05, 0.1) is 35.6 Å². The molecule has 0 N–H and O–H groups in total. The average molecular weight is 619 g/mol. The van der Waals surface area contributed by atoms with Crippen LogP contribution in [0.5, 0.6) is 23.0 Å². The Hall–Kier alpha value is -5.44. The van der Waals surface area contributed by atoms with Gasteiger partial charge in [-0.25, -0.2) is 9.98 Å². The van der Waals surface area contributed by atoms with Crippen LogP contribution < -0.4 is 25.9 Å². The van der Waals surface area contributed by atoms with Gasteiger partial charge < -0.3 is 18.9 Å². The summed E-state index contributed by atoms with van der Waals surface area (Å²) in [6, 6.07) is 26.7. The van der Waals surface area contributed by atoms with Crippen LogP contribution in [0.2, 0.25) is 0 Å². The van der Waals surface area contributed by atoms with E-state index in [1.54, 1.807) is 0 Å². The van der Waals surface area contributed by atoms with Crippen LogP contribution in [0.4, 0.5) is 0 Å². The maximum atomic E-state index is 6.51. The summed E-state index contributed by atoms with van der Waals surface area (Å²) in [4.78, 5) is 18.6. The van der Waals surface area contributed by atoms with Crippen LogP contribution in [-0.2, 0) is 9.47 Å². The van der Waals surface area contributed by atoms with Crippen molar-refractivity contribution in [3.8, 4) is 45.5 Å². The fourth-order valence-electron chi connectivity index (χ4n) is 6.60. The Labute approximate surface area is 273 Å². The molecule has 0 saturated carbocycles. The van der Waals surface area contributed by atoms with Crippen LogP contribution in [0, 0.1) is 0 Å². The van der Waals surface area contributed by atoms with E-state index in [0.29, 0.717) is 24.9 Å². The molecule has 0 fully saturated rings. The summed E-state index contributed by atoms with van der Waals surface area (Å²) in [6.07, 6.45) is 3.65. The molecule has 6 heterocycles. The van der Waals surface area contributed by atoms with Crippen LogP contribution in [0.3, 0.4) is 0 Å². The number of rotatable bonds is 4. The predicted molar refractivity (Wildman–Crippen MR) is 184 cm³/mol. The van der Waals surface area contributed by atoms with Crippen molar-refractivity contribution >= 4 is 34.9 Å². The number of pyridine rings is 2. The molecule has 230 valence electrons. The second kappa shape index (κ2) is 10.0. The summed E-state index contributed by atoms with van der Waals surface area (Å²) < 4.78 is 25.0. The first-order valence-corrected chi connectivity index (χ1v) is 15.9. The molecule has 0 amide bonds. The van der Waals surface area contributed by atoms with E-state index in [9.17, 15) is 0 Å². The number of ether oxygens (including phenoxy) is 4. The Morgan fingerprint density at radius 3 is 1.43 bits per heavy atom. The fraction of sp³-hybridized carbons (Fsp3) is 0.211. The van der Waals surface area contributed by atoms with Gasteiger partial charge in [0.15, 0.2) is 0 Å². The van der Waals surface area contributed by atoms with E-state index >= 15 is 0 Å². The fourth-order valence-corrected chi connectivity index (χ4v) is 6.60. The minimum absolute atomic E-state index is 0.0377. The number of aliphatic imine (C=N–C) groups is 2. The molecule has 0 spiro atoms. The average Bonchev–Trinajstić information content (AvgIpc) is 3.64. The van der Waals surface area contributed by atoms with Gasteiger partial charge in [0, 0.05) is 29.0 Å². The second-order valence-electron chi connectivity index (χ2n) is 13.6. The monoisotopic (exact) mass is 618 g/mol. The van der Waals surface area contributed by atoms with Crippen molar-refractivity contribution in [2.24, 2.45) is 9.98 Å². The zero-order valence-electron chi connectivity index (χ0n) is 26.6. The molecule has 2 aromatic heterocycles. The van der Waals surface area contributed by atoms with Gasteiger partial charge in [-0.05, 0) is 87.2 Å². The van der Waals surface area contributed by atoms with E-state index < -0.39 is 0 Å². The van der Waals surface area contributed by atoms with Crippen molar-refractivity contribution in [2.45, 2.75) is 38.9 Å². The molecular weight excluding hydrogens is 587 g/mol. The molecule has 0 bridgehead atoms. The first-order chi connectivity index (χ1) is 22.7. The standard InChI is InChI=1S/C38H31BN4O4/c1-37(2)20-42-35(46-37)24-10-14-28(40-18-24)22-8-12-26-32(16-22)44-30-6-5-7-31-34(30)39(26)27-13-9-23(17-33(27)45-31)29-15-11-25(19-41-29)36-43-21-38(3,4)47-36/h5-19H,20-21H2,1-4H3. The van der Waals surface area contributed by atoms with E-state index in [1.807, 2.05) is 82.6 Å². The zero-order valence-corrected chi connectivity index (χ0v) is 26.6. The summed E-state index contributed by atoms with van der Waals surface area (Å²) >= 11 is 0. The molecule has 0 radical (unpaired) electrons. The van der Waals surface area contributed by atoms with Gasteiger partial charge in [-0.15, -0.1) is 0 Å². The summed E-state index contributed by atoms with van der Waals surface area (Å²) in [5.41, 5.74) is 8.03. The molecule has 0 atom stereocenters. The molecule has 0 aliphatic carbocycles. The van der Waals surface area contributed by atoms with Crippen LogP contribution in [0.1, 0.15) is 38.8 Å². The smallest absolute Gasteiger partial charge is 0.260 e. The van der Waals surface area contributed by atoms with Gasteiger partial charge in [-0.1, -0.05) is 30.3 Å². The lowest BCUT2D eigenvalue weighted by atomic mass is 9.35. The van der Waals surface area contributed by atoms with Gasteiger partial charge in [-0.2, -0.15) is 0 Å². The van der Waals surface area contributed by atoms with Crippen molar-refractivity contribution in [1.82, 2.24) is 9.97 Å². The summed E-state index contributed by atoms with van der Waals surface area (Å²) in [6.45, 7) is 9.39. The molecule has 3 aromatic carbocycles. The van der Waals surface area contributed by atoms with Crippen molar-refractivity contribution in [3.05, 3.63) is 102 Å². The highest BCUT2D eigenvalue weighted by molar-refractivity contribution is 6.98. The molecule has 0 saturated heterocycles. The van der Waals surface area contributed by atoms with Gasteiger partial charge in [0.1, 0.15) is 34.2 Å². The lowest BCUT2D eigenvalue weighted by Gasteiger charge is -2.33. The molecule has 4 aliphatic heterocycles. The van der Waals surface area contributed by atoms with E-state index in [2.05, 4.69) is 46.4 Å². The molecule has 9 heteroatoms. The van der Waals surface area contributed by atoms with Crippen molar-refractivity contribution in [2.75, 3.05) is 13.1 Å². The molecule has 8 nitrogen and oxygen atoms in total. The van der Waals surface area contributed by atoms with Crippen LogP contribution in [0.25, 0.3) is 22.5 Å². The quantitative estimate of drug-likeness (QED) is 0.237. The minimum atomic E-state index is -0.286. The second-order valence-corrected chi connectivity index (χ2v) is 13.6. The van der Waals surface area contributed by atoms with Crippen LogP contribution >= 0.6 is 0 Å². The highest BCUT2D eigenvalue weighted by atomic mass is 16.5. The third kappa shape index (κ3) is 4.76. The number of aromatic nitrogens is 2. The van der Waals surface area contributed by atoms with E-state index in [-0.39, 0.29) is 17.9 Å². The SMILES string of the molecule is CC1(C)CN=C(c2ccc(-c3ccc4c(c3)Oc3cccc5c3B4c3ccc(-c4ccc(C6=NCC(C)(C)O6)cn4)cc3O5)nc2)O1. The summed E-state index contributed by atoms with van der Waals surface area (Å²) in [5, 5.41) is 0. The maximum Gasteiger partial charge on any atom is 0.260 e. The maximum absolute atomic E-state index is 6.51. The Bertz CT molecular complexity index is 2010. The topological polar surface area (TPSA) is 87.4 Å². The Morgan fingerprint density at radius 1 is 0.553 bits per heavy atom. The molecule has 4 aliphatic rings. The Balaban J connectivity index is 1.04. The van der Waals surface area contributed by atoms with Gasteiger partial charge in [0.25, 0.3) is 6.71 Å². The third-order valence-electron chi connectivity index (χ3n) is 8.97. The first kappa shape index (κ1) is 27.8. The highest BCUT2D eigenvalue weighted by Crippen LogP contribution is 2.37. The van der Waals surface area contributed by atoms with Gasteiger partial charge in [-0.3, -0.25) is 9.97 Å². The number of nitrogens with zero attached hydrogens (tertiary/aromatic N) is 4. The van der Waals surface area contributed by atoms with Crippen LogP contribution in [0.15, 0.2) is 101 Å². The summed E-state index contributed by atoms with van der Waals surface area (Å²) in [7, 11) is 0. The van der Waals surface area contributed by atoms with Gasteiger partial charge >= 0.3 is 0 Å². The van der Waals surface area contributed by atoms with E-state index in [0.717, 1.165) is 73.0 Å². The van der Waals surface area contributed by atoms with Crippen molar-refractivity contribution in [1.29, 1.82) is 0 Å². The third-order valence-corrected chi connectivity index (χ3v) is 8.97. The normalized spacial score (nSPS) is 17.6. The molecule has 9 rings (SSSR count). The summed E-state index contributed by atoms with van der Waals surface area (Å²) in [5.74, 6) is 4.49. The number of hydrogen-bond donors (Lipinski definition) is 0. The van der Waals surface area contributed by atoms with E-state index in [1.165, 1.54) is 0 Å². The number of fused-ring (bicyclic) bond motifs is 4. The van der Waals surface area contributed by atoms with E-state index in [4.69, 9.17) is 28.9 Å². The lowest BCUT2D eigenvalue weighted by molar-refractivity contribution is 0.131. The number of benzene rings is 3. The zero-order chi connectivity index (χ0) is 31.9. The molecule has 0 unspecified atom stereocenters. The lowest BCUT2D eigenvalue weighted by Crippen LogP contribution is -2.57. The molecular formula is C38H31BN4O4. The van der Waals surface area contributed by atoms with Gasteiger partial charge in [0.2, 0.25) is 11.8 Å². The Kier molecular flexibility index (Phi) is 5.94. The Morgan fingerprint density at radius 2 is 1.02 bits per heavy atom. The highest BCUT2D eigenvalue weighted by Gasteiger charge is 2.40. The number of hydrogen-bond acceptors (Lipinski definition) is 8.